The van der Waals surface area contributed by atoms with Crippen molar-refractivity contribution < 1.29 is 14.3 Å². The van der Waals surface area contributed by atoms with Crippen molar-refractivity contribution in [2.75, 3.05) is 13.2 Å². The van der Waals surface area contributed by atoms with E-state index in [9.17, 15) is 9.59 Å². The Balaban J connectivity index is 1.15. The van der Waals surface area contributed by atoms with Crippen LogP contribution in [0.25, 0.3) is 0 Å². The molecule has 3 aliphatic rings. The van der Waals surface area contributed by atoms with Gasteiger partial charge in [0.2, 0.25) is 5.91 Å². The molecule has 2 amide bonds. The first-order valence-electron chi connectivity index (χ1n) is 9.56. The van der Waals surface area contributed by atoms with Crippen LogP contribution in [0, 0.1) is 5.41 Å². The highest BCUT2D eigenvalue weighted by molar-refractivity contribution is 6.30. The number of rotatable bonds is 8. The Bertz CT molecular complexity index is 893. The lowest BCUT2D eigenvalue weighted by atomic mass is 9.39. The summed E-state index contributed by atoms with van der Waals surface area (Å²) in [5.41, 5.74) is 0.940. The van der Waals surface area contributed by atoms with Gasteiger partial charge in [-0.25, -0.2) is 0 Å². The van der Waals surface area contributed by atoms with Crippen molar-refractivity contribution in [1.82, 2.24) is 10.6 Å². The molecule has 0 spiro atoms. The molecule has 2 aromatic carbocycles. The summed E-state index contributed by atoms with van der Waals surface area (Å²) in [7, 11) is 0. The number of ether oxygens (including phenoxy) is 1. The van der Waals surface area contributed by atoms with Gasteiger partial charge < -0.3 is 15.4 Å². The minimum Gasteiger partial charge on any atom is -0.484 e. The third kappa shape index (κ3) is 4.68. The maximum Gasteiger partial charge on any atom is 0.258 e. The van der Waals surface area contributed by atoms with Crippen molar-refractivity contribution in [2.24, 2.45) is 5.41 Å². The molecule has 7 heteroatoms. The monoisotopic (exact) mass is 432 g/mol. The topological polar surface area (TPSA) is 67.4 Å². The highest BCUT2D eigenvalue weighted by Crippen LogP contribution is 2.66. The van der Waals surface area contributed by atoms with Gasteiger partial charge in [0.15, 0.2) is 6.61 Å². The zero-order chi connectivity index (χ0) is 20.5. The fourth-order valence-corrected chi connectivity index (χ4v) is 4.72. The minimum atomic E-state index is -0.125. The Hall–Kier alpha value is -2.24. The van der Waals surface area contributed by atoms with Crippen LogP contribution in [0.5, 0.6) is 5.75 Å². The Morgan fingerprint density at radius 2 is 1.48 bits per heavy atom. The maximum atomic E-state index is 12.2. The number of carbonyl (C=O) groups excluding carboxylic acids is 2. The number of halogens is 2. The molecule has 0 saturated heterocycles. The van der Waals surface area contributed by atoms with E-state index < -0.39 is 0 Å². The van der Waals surface area contributed by atoms with Crippen LogP contribution in [0.4, 0.5) is 0 Å². The average Bonchev–Trinajstić information content (AvgIpc) is 2.64. The van der Waals surface area contributed by atoms with Crippen LogP contribution in [0.3, 0.4) is 0 Å². The van der Waals surface area contributed by atoms with Gasteiger partial charge in [-0.15, -0.1) is 0 Å². The Labute approximate surface area is 179 Å². The second kappa shape index (κ2) is 7.88. The van der Waals surface area contributed by atoms with Crippen molar-refractivity contribution >= 4 is 35.0 Å². The third-order valence-electron chi connectivity index (χ3n) is 5.67. The molecule has 0 unspecified atom stereocenters. The molecule has 0 atom stereocenters. The first kappa shape index (κ1) is 20.0. The molecule has 5 nitrogen and oxygen atoms in total. The van der Waals surface area contributed by atoms with Gasteiger partial charge in [-0.2, -0.15) is 0 Å². The molecule has 29 heavy (non-hydrogen) atoms. The summed E-state index contributed by atoms with van der Waals surface area (Å²) in [6.07, 6.45) is 3.03. The van der Waals surface area contributed by atoms with Crippen molar-refractivity contribution in [3.8, 4) is 5.75 Å². The highest BCUT2D eigenvalue weighted by Gasteiger charge is 2.68. The first-order chi connectivity index (χ1) is 13.9. The molecule has 3 aliphatic carbocycles. The maximum absolute atomic E-state index is 12.2. The van der Waals surface area contributed by atoms with Crippen LogP contribution in [-0.2, 0) is 16.0 Å². The van der Waals surface area contributed by atoms with Gasteiger partial charge >= 0.3 is 0 Å². The van der Waals surface area contributed by atoms with Crippen LogP contribution in [0.2, 0.25) is 10.0 Å². The molecule has 2 aromatic rings. The molecule has 152 valence electrons. The number of hydrogen-bond acceptors (Lipinski definition) is 3. The molecule has 2 N–H and O–H groups in total. The van der Waals surface area contributed by atoms with Gasteiger partial charge in [0.05, 0.1) is 6.42 Å². The van der Waals surface area contributed by atoms with E-state index in [-0.39, 0.29) is 29.4 Å². The summed E-state index contributed by atoms with van der Waals surface area (Å²) < 4.78 is 5.49. The van der Waals surface area contributed by atoms with E-state index in [2.05, 4.69) is 10.6 Å². The van der Waals surface area contributed by atoms with E-state index in [1.54, 1.807) is 36.4 Å². The molecule has 0 aliphatic heterocycles. The van der Waals surface area contributed by atoms with Crippen molar-refractivity contribution in [3.05, 3.63) is 64.1 Å². The predicted octanol–water partition coefficient (Wildman–Crippen LogP) is 3.77. The second-order valence-corrected chi connectivity index (χ2v) is 9.05. The summed E-state index contributed by atoms with van der Waals surface area (Å²) in [5.74, 6) is 0.494. The lowest BCUT2D eigenvalue weighted by molar-refractivity contribution is -0.166. The highest BCUT2D eigenvalue weighted by atomic mass is 35.5. The Morgan fingerprint density at radius 1 is 0.897 bits per heavy atom. The van der Waals surface area contributed by atoms with Gasteiger partial charge in [-0.3, -0.25) is 9.59 Å². The number of benzene rings is 2. The van der Waals surface area contributed by atoms with E-state index in [0.29, 0.717) is 28.8 Å². The smallest absolute Gasteiger partial charge is 0.258 e. The van der Waals surface area contributed by atoms with Gasteiger partial charge in [-0.1, -0.05) is 35.3 Å². The van der Waals surface area contributed by atoms with E-state index >= 15 is 0 Å². The Kier molecular flexibility index (Phi) is 5.45. The summed E-state index contributed by atoms with van der Waals surface area (Å²) in [6.45, 7) is 0.631. The van der Waals surface area contributed by atoms with E-state index in [1.165, 1.54) is 0 Å². The fraction of sp³-hybridized carbons (Fsp3) is 0.364. The van der Waals surface area contributed by atoms with Gasteiger partial charge in [0.1, 0.15) is 5.75 Å². The molecule has 0 radical (unpaired) electrons. The van der Waals surface area contributed by atoms with E-state index in [0.717, 1.165) is 24.8 Å². The van der Waals surface area contributed by atoms with Crippen molar-refractivity contribution in [1.29, 1.82) is 0 Å². The number of carbonyl (C=O) groups is 2. The molecule has 3 saturated carbocycles. The molecule has 0 aromatic heterocycles. The lowest BCUT2D eigenvalue weighted by Crippen LogP contribution is -2.77. The zero-order valence-corrected chi connectivity index (χ0v) is 17.4. The molecule has 0 heterocycles. The first-order valence-corrected chi connectivity index (χ1v) is 10.3. The van der Waals surface area contributed by atoms with E-state index in [1.807, 2.05) is 12.1 Å². The molecule has 5 rings (SSSR count). The molecular weight excluding hydrogens is 411 g/mol. The van der Waals surface area contributed by atoms with Crippen molar-refractivity contribution in [2.45, 2.75) is 31.2 Å². The summed E-state index contributed by atoms with van der Waals surface area (Å²) in [4.78, 5) is 24.3. The number of nitrogens with one attached hydrogen (secondary N) is 2. The quantitative estimate of drug-likeness (QED) is 0.666. The van der Waals surface area contributed by atoms with Crippen molar-refractivity contribution in [3.63, 3.8) is 0 Å². The largest absolute Gasteiger partial charge is 0.484 e. The summed E-state index contributed by atoms with van der Waals surface area (Å²) in [6, 6.07) is 14.2. The second-order valence-electron chi connectivity index (χ2n) is 8.18. The zero-order valence-electron chi connectivity index (χ0n) is 15.8. The average molecular weight is 433 g/mol. The number of hydrogen-bond donors (Lipinski definition) is 2. The predicted molar refractivity (Wildman–Crippen MR) is 112 cm³/mol. The third-order valence-corrected chi connectivity index (χ3v) is 6.17. The molecule has 2 bridgehead atoms. The van der Waals surface area contributed by atoms with Gasteiger partial charge in [0.25, 0.3) is 5.91 Å². The van der Waals surface area contributed by atoms with Crippen LogP contribution in [-0.4, -0.2) is 30.5 Å². The standard InChI is InChI=1S/C22H22Cl2N2O3/c23-16-3-1-15(2-4-16)9-19(27)25-14-21-11-22(12-21,13-21)26-20(28)10-29-18-7-5-17(24)6-8-18/h1-8H,9-14H2,(H,25,27)(H,26,28). The van der Waals surface area contributed by atoms with Gasteiger partial charge in [-0.05, 0) is 66.6 Å². The van der Waals surface area contributed by atoms with Crippen LogP contribution < -0.4 is 15.4 Å². The summed E-state index contributed by atoms with van der Waals surface area (Å²) >= 11 is 11.7. The summed E-state index contributed by atoms with van der Waals surface area (Å²) in [5, 5.41) is 7.40. The van der Waals surface area contributed by atoms with Crippen LogP contribution in [0.1, 0.15) is 24.8 Å². The minimum absolute atomic E-state index is 0.00602. The van der Waals surface area contributed by atoms with Crippen LogP contribution in [0.15, 0.2) is 48.5 Å². The van der Waals surface area contributed by atoms with Gasteiger partial charge in [0, 0.05) is 22.1 Å². The SMILES string of the molecule is O=C(Cc1ccc(Cl)cc1)NCC12CC(NC(=O)COc3ccc(Cl)cc3)(C1)C2. The Morgan fingerprint density at radius 3 is 2.10 bits per heavy atom. The normalized spacial score (nSPS) is 24.1. The van der Waals surface area contributed by atoms with E-state index in [4.69, 9.17) is 27.9 Å². The number of amides is 2. The lowest BCUT2D eigenvalue weighted by Gasteiger charge is -2.70. The molecule has 3 fully saturated rings. The van der Waals surface area contributed by atoms with Crippen LogP contribution >= 0.6 is 23.2 Å². The fourth-order valence-electron chi connectivity index (χ4n) is 4.47. The molecular formula is C22H22Cl2N2O3.